The molecule has 27 heteroatoms. The van der Waals surface area contributed by atoms with Crippen molar-refractivity contribution in [3.8, 4) is 34.2 Å². The van der Waals surface area contributed by atoms with Crippen LogP contribution in [0.1, 0.15) is 110 Å². The van der Waals surface area contributed by atoms with Crippen molar-refractivity contribution in [2.24, 2.45) is 13.0 Å². The Balaban J connectivity index is 0.747. The molecule has 0 unspecified atom stereocenters. The van der Waals surface area contributed by atoms with E-state index in [0.29, 0.717) is 93.0 Å². The Morgan fingerprint density at radius 1 is 0.624 bits per heavy atom. The van der Waals surface area contributed by atoms with Crippen LogP contribution in [0.5, 0.6) is 0 Å². The summed E-state index contributed by atoms with van der Waals surface area (Å²) < 4.78 is 98.4. The summed E-state index contributed by atoms with van der Waals surface area (Å²) in [6, 6.07) is 27.8. The number of aromatic nitrogens is 11. The zero-order valence-electron chi connectivity index (χ0n) is 49.7. The van der Waals surface area contributed by atoms with Crippen LogP contribution in [0.3, 0.4) is 0 Å². The molecule has 6 aromatic heterocycles. The molecule has 0 spiro atoms. The van der Waals surface area contributed by atoms with Gasteiger partial charge in [-0.05, 0) is 135 Å². The van der Waals surface area contributed by atoms with Gasteiger partial charge in [-0.2, -0.15) is 46.3 Å². The van der Waals surface area contributed by atoms with Crippen molar-refractivity contribution < 1.29 is 40.5 Å². The number of carbonyl (C=O) groups excluding carboxylic acids is 2. The number of hydrogen-bond donors (Lipinski definition) is 0. The van der Waals surface area contributed by atoms with E-state index in [1.807, 2.05) is 53.1 Å². The van der Waals surface area contributed by atoms with Crippen LogP contribution in [-0.2, 0) is 64.7 Å². The third kappa shape index (κ3) is 11.0. The van der Waals surface area contributed by atoms with E-state index in [1.165, 1.54) is 38.8 Å². The Morgan fingerprint density at radius 3 is 1.58 bits per heavy atom. The molecular formula is C66H53Br2F6N13O6. The SMILES string of the molecule is C[C@@H]1Cc2c(n3ncc(Cc4ccc(Cn5cnnc5-c5ccc(-n6c(=O)c7c(n8ncc(CC9CCC9)c68)CN(C(=O)c6ccc(Br)c(C(F)(F)F)c6)[C@H](C)C7)cc5)cc4)c3n(-c3ccc(-c4nc(=O)on4C)cc3)c2=O)CN1C(=O)c1ccc(Br)c(C(F)(F)F)c1. The number of rotatable bonds is 12. The molecule has 14 rings (SSSR count). The highest BCUT2D eigenvalue weighted by molar-refractivity contribution is 9.10. The average molecular weight is 1400 g/mol. The minimum Gasteiger partial charge on any atom is -0.330 e. The summed E-state index contributed by atoms with van der Waals surface area (Å²) in [5.41, 5.74) is 5.37. The van der Waals surface area contributed by atoms with Crippen LogP contribution in [0.25, 0.3) is 45.4 Å². The fourth-order valence-electron chi connectivity index (χ4n) is 13.0. The van der Waals surface area contributed by atoms with Crippen molar-refractivity contribution in [1.29, 1.82) is 0 Å². The quantitative estimate of drug-likeness (QED) is 0.105. The molecule has 0 radical (unpaired) electrons. The summed E-state index contributed by atoms with van der Waals surface area (Å²) in [5.74, 6) is -0.773. The fourth-order valence-corrected chi connectivity index (χ4v) is 14.0. The van der Waals surface area contributed by atoms with Gasteiger partial charge in [0.25, 0.3) is 22.9 Å². The lowest BCUT2D eigenvalue weighted by Gasteiger charge is -2.35. The van der Waals surface area contributed by atoms with E-state index in [2.05, 4.69) is 47.0 Å². The van der Waals surface area contributed by atoms with Gasteiger partial charge in [0.05, 0.1) is 65.9 Å². The molecular weight excluding hydrogens is 1340 g/mol. The minimum absolute atomic E-state index is 0.0484. The summed E-state index contributed by atoms with van der Waals surface area (Å²) >= 11 is 5.94. The third-order valence-corrected chi connectivity index (χ3v) is 19.4. The highest BCUT2D eigenvalue weighted by Crippen LogP contribution is 2.39. The molecule has 1 fully saturated rings. The number of nitrogens with zero attached hydrogens (tertiary/aromatic N) is 13. The number of alkyl halides is 6. The summed E-state index contributed by atoms with van der Waals surface area (Å²) in [7, 11) is 1.55. The highest BCUT2D eigenvalue weighted by atomic mass is 79.9. The summed E-state index contributed by atoms with van der Waals surface area (Å²) in [5, 5.41) is 18.4. The van der Waals surface area contributed by atoms with Gasteiger partial charge in [0.2, 0.25) is 0 Å². The maximum Gasteiger partial charge on any atom is 0.460 e. The van der Waals surface area contributed by atoms with Crippen molar-refractivity contribution in [3.63, 3.8) is 0 Å². The maximum atomic E-state index is 15.0. The van der Waals surface area contributed by atoms with Gasteiger partial charge in [-0.3, -0.25) is 28.3 Å². The van der Waals surface area contributed by atoms with Crippen molar-refractivity contribution in [1.82, 2.24) is 62.7 Å². The molecule has 93 heavy (non-hydrogen) atoms. The van der Waals surface area contributed by atoms with E-state index in [0.717, 1.165) is 48.1 Å². The first-order valence-corrected chi connectivity index (χ1v) is 31.4. The normalized spacial score (nSPS) is 16.1. The second-order valence-electron chi connectivity index (χ2n) is 24.0. The van der Waals surface area contributed by atoms with Gasteiger partial charge in [0, 0.05) is 79.0 Å². The zero-order valence-corrected chi connectivity index (χ0v) is 52.9. The number of carbonyl (C=O) groups is 2. The van der Waals surface area contributed by atoms with Crippen LogP contribution >= 0.6 is 31.9 Å². The van der Waals surface area contributed by atoms with Gasteiger partial charge in [0.1, 0.15) is 17.6 Å². The first kappa shape index (κ1) is 61.0. The van der Waals surface area contributed by atoms with E-state index in [4.69, 9.17) is 14.7 Å². The van der Waals surface area contributed by atoms with Crippen molar-refractivity contribution >= 4 is 55.0 Å². The van der Waals surface area contributed by atoms with E-state index in [1.54, 1.807) is 82.0 Å². The second-order valence-corrected chi connectivity index (χ2v) is 25.7. The van der Waals surface area contributed by atoms with E-state index < -0.39 is 53.1 Å². The lowest BCUT2D eigenvalue weighted by molar-refractivity contribution is -0.139. The van der Waals surface area contributed by atoms with Gasteiger partial charge in [-0.25, -0.2) is 13.8 Å². The van der Waals surface area contributed by atoms with E-state index in [-0.39, 0.29) is 62.9 Å². The maximum absolute atomic E-state index is 15.0. The summed E-state index contributed by atoms with van der Waals surface area (Å²) in [4.78, 5) is 77.2. The monoisotopic (exact) mass is 1400 g/mol. The molecule has 5 aromatic carbocycles. The molecule has 1 saturated carbocycles. The number of halogens is 8. The number of amides is 2. The van der Waals surface area contributed by atoms with Crippen LogP contribution in [-0.4, -0.2) is 86.5 Å². The van der Waals surface area contributed by atoms with Gasteiger partial charge in [-0.15, -0.1) is 10.2 Å². The second kappa shape index (κ2) is 23.3. The van der Waals surface area contributed by atoms with Gasteiger partial charge in [0.15, 0.2) is 11.6 Å². The zero-order chi connectivity index (χ0) is 65.1. The fraction of sp³-hybridized carbons (Fsp3) is 0.273. The van der Waals surface area contributed by atoms with Crippen LogP contribution in [0.2, 0.25) is 0 Å². The van der Waals surface area contributed by atoms with Gasteiger partial charge >= 0.3 is 18.1 Å². The van der Waals surface area contributed by atoms with Crippen LogP contribution in [0.4, 0.5) is 26.3 Å². The van der Waals surface area contributed by atoms with Crippen molar-refractivity contribution in [2.45, 2.75) is 103 Å². The number of benzene rings is 5. The first-order chi connectivity index (χ1) is 44.5. The molecule has 474 valence electrons. The average Bonchev–Trinajstić information content (AvgIpc) is 1.71. The smallest absolute Gasteiger partial charge is 0.330 e. The first-order valence-electron chi connectivity index (χ1n) is 29.8. The third-order valence-electron chi connectivity index (χ3n) is 18.0. The topological polar surface area (TPSA) is 198 Å². The largest absolute Gasteiger partial charge is 0.460 e. The lowest BCUT2D eigenvalue weighted by Crippen LogP contribution is -2.46. The molecule has 0 saturated heterocycles. The number of hydrogen-bond acceptors (Lipinski definition) is 11. The van der Waals surface area contributed by atoms with E-state index >= 15 is 4.79 Å². The standard InChI is InChI=1S/C66H53Br2F6N13O6/c1-35-23-48-54(32-82(35)60(88)42-15-21-52(67)50(27-42)65(69,70)71)86-58(44(29-76-86)25-37-5-4-6-37)85(63(48)91)47-19-13-41(14-20-47)57-79-75-34-81(57)31-39-9-7-38(8-10-39)26-45-30-77-87-55-33-83(61(89)43-16-22-53(68)51(28-43)66(72,73)74)36(2)24-49(55)62(90)84(59(45)87)46-17-11-40(12-18-46)56-78-64(92)93-80(56)3/h7-22,27-30,34-37H,4-6,23-26,31-33H2,1-3H3/t35-,36-/m1/s1. The summed E-state index contributed by atoms with van der Waals surface area (Å²) in [6.07, 6.45) is 0.00517. The van der Waals surface area contributed by atoms with Gasteiger partial charge in [-0.1, -0.05) is 75.4 Å². The van der Waals surface area contributed by atoms with Crippen molar-refractivity contribution in [2.75, 3.05) is 0 Å². The molecule has 0 N–H and O–H groups in total. The van der Waals surface area contributed by atoms with Crippen LogP contribution in [0, 0.1) is 5.92 Å². The van der Waals surface area contributed by atoms with Crippen LogP contribution < -0.4 is 16.9 Å². The number of aryl methyl sites for hydroxylation is 1. The molecule has 2 amide bonds. The Kier molecular flexibility index (Phi) is 15.3. The molecule has 11 aromatic rings. The Morgan fingerprint density at radius 2 is 1.11 bits per heavy atom. The predicted octanol–water partition coefficient (Wildman–Crippen LogP) is 11.6. The molecule has 2 aliphatic heterocycles. The van der Waals surface area contributed by atoms with Crippen LogP contribution in [0.15, 0.2) is 156 Å². The summed E-state index contributed by atoms with van der Waals surface area (Å²) in [6.45, 7) is 3.71. The van der Waals surface area contributed by atoms with Gasteiger partial charge < -0.3 is 18.9 Å². The Hall–Kier alpha value is -9.50. The Labute approximate surface area is 540 Å². The van der Waals surface area contributed by atoms with Crippen molar-refractivity contribution in [3.05, 3.63) is 235 Å². The molecule has 2 atom stereocenters. The molecule has 8 heterocycles. The predicted molar refractivity (Wildman–Crippen MR) is 335 cm³/mol. The molecule has 0 bridgehead atoms. The minimum atomic E-state index is -4.72. The lowest BCUT2D eigenvalue weighted by atomic mass is 9.81. The highest BCUT2D eigenvalue weighted by Gasteiger charge is 2.39. The molecule has 19 nitrogen and oxygen atoms in total. The number of fused-ring (bicyclic) bond motifs is 6. The molecule has 1 aliphatic carbocycles. The Bertz CT molecular complexity index is 5020. The molecule has 3 aliphatic rings. The van der Waals surface area contributed by atoms with E-state index in [9.17, 15) is 45.5 Å².